The number of hydrogen-bond donors (Lipinski definition) is 0. The molecule has 1 aliphatic rings. The Kier molecular flexibility index (Phi) is 5.31. The molecule has 1 heterocycles. The van der Waals surface area contributed by atoms with Gasteiger partial charge in [-0.3, -0.25) is 9.69 Å². The minimum Gasteiger partial charge on any atom is -0.378 e. The van der Waals surface area contributed by atoms with Crippen LogP contribution in [0, 0.1) is 5.92 Å². The maximum absolute atomic E-state index is 12.7. The van der Waals surface area contributed by atoms with Gasteiger partial charge in [-0.1, -0.05) is 30.3 Å². The molecule has 3 rings (SSSR count). The fourth-order valence-corrected chi connectivity index (χ4v) is 3.35. The van der Waals surface area contributed by atoms with Crippen LogP contribution in [0.5, 0.6) is 0 Å². The van der Waals surface area contributed by atoms with Gasteiger partial charge in [0.25, 0.3) is 0 Å². The lowest BCUT2D eigenvalue weighted by molar-refractivity contribution is 0.0835. The minimum absolute atomic E-state index is 0.169. The average Bonchev–Trinajstić information content (AvgIpc) is 2.63. The molecule has 1 aliphatic heterocycles. The van der Waals surface area contributed by atoms with Gasteiger partial charge in [-0.05, 0) is 55.8 Å². The molecule has 1 fully saturated rings. The number of benzene rings is 2. The van der Waals surface area contributed by atoms with Gasteiger partial charge in [-0.2, -0.15) is 0 Å². The van der Waals surface area contributed by atoms with Crippen LogP contribution in [-0.4, -0.2) is 37.9 Å². The van der Waals surface area contributed by atoms with E-state index in [0.29, 0.717) is 5.78 Å². The molecule has 3 heteroatoms. The summed E-state index contributed by atoms with van der Waals surface area (Å²) in [5, 5.41) is 0. The molecule has 0 spiro atoms. The molecule has 0 saturated carbocycles. The van der Waals surface area contributed by atoms with Gasteiger partial charge < -0.3 is 4.90 Å². The average molecular weight is 322 g/mol. The third kappa shape index (κ3) is 4.04. The Morgan fingerprint density at radius 1 is 1.00 bits per heavy atom. The summed E-state index contributed by atoms with van der Waals surface area (Å²) in [5.41, 5.74) is 3.33. The highest BCUT2D eigenvalue weighted by molar-refractivity contribution is 5.98. The number of likely N-dealkylation sites (tertiary alicyclic amines) is 1. The van der Waals surface area contributed by atoms with Crippen molar-refractivity contribution in [3.05, 3.63) is 65.7 Å². The molecule has 2 aromatic rings. The highest BCUT2D eigenvalue weighted by Crippen LogP contribution is 2.24. The van der Waals surface area contributed by atoms with E-state index in [0.717, 1.165) is 43.7 Å². The molecule has 0 radical (unpaired) electrons. The maximum Gasteiger partial charge on any atom is 0.166 e. The molecule has 0 amide bonds. The first-order valence-electron chi connectivity index (χ1n) is 8.71. The van der Waals surface area contributed by atoms with Gasteiger partial charge in [0.2, 0.25) is 0 Å². The standard InChI is InChI=1S/C21H26N2O/c1-22(2)20-10-8-18(9-11-20)21(24)19-12-14-23(15-13-19)16-17-6-4-3-5-7-17/h3-11,19H,12-16H2,1-2H3. The van der Waals surface area contributed by atoms with Crippen molar-refractivity contribution in [1.29, 1.82) is 0 Å². The molecule has 0 aromatic heterocycles. The molecule has 126 valence electrons. The summed E-state index contributed by atoms with van der Waals surface area (Å²) in [7, 11) is 4.03. The van der Waals surface area contributed by atoms with Crippen molar-refractivity contribution >= 4 is 11.5 Å². The summed E-state index contributed by atoms with van der Waals surface area (Å²) in [4.78, 5) is 17.2. The number of anilines is 1. The van der Waals surface area contributed by atoms with Gasteiger partial charge in [0, 0.05) is 37.8 Å². The summed E-state index contributed by atoms with van der Waals surface area (Å²) < 4.78 is 0. The normalized spacial score (nSPS) is 16.1. The zero-order valence-corrected chi connectivity index (χ0v) is 14.6. The van der Waals surface area contributed by atoms with Gasteiger partial charge in [-0.15, -0.1) is 0 Å². The van der Waals surface area contributed by atoms with E-state index in [2.05, 4.69) is 40.1 Å². The molecule has 1 saturated heterocycles. The number of Topliss-reactive ketones (excluding diaryl/α,β-unsaturated/α-hetero) is 1. The van der Waals surface area contributed by atoms with Crippen LogP contribution in [0.3, 0.4) is 0 Å². The summed E-state index contributed by atoms with van der Waals surface area (Å²) in [5.74, 6) is 0.474. The first kappa shape index (κ1) is 16.7. The SMILES string of the molecule is CN(C)c1ccc(C(=O)C2CCN(Cc3ccccc3)CC2)cc1. The summed E-state index contributed by atoms with van der Waals surface area (Å²) in [6.07, 6.45) is 1.92. The number of hydrogen-bond acceptors (Lipinski definition) is 3. The van der Waals surface area contributed by atoms with Crippen LogP contribution < -0.4 is 4.90 Å². The van der Waals surface area contributed by atoms with Gasteiger partial charge >= 0.3 is 0 Å². The lowest BCUT2D eigenvalue weighted by Gasteiger charge is -2.31. The minimum atomic E-state index is 0.169. The van der Waals surface area contributed by atoms with Crippen molar-refractivity contribution in [2.24, 2.45) is 5.92 Å². The van der Waals surface area contributed by atoms with Crippen molar-refractivity contribution in [2.75, 3.05) is 32.1 Å². The van der Waals surface area contributed by atoms with Gasteiger partial charge in [-0.25, -0.2) is 0 Å². The van der Waals surface area contributed by atoms with Crippen LogP contribution in [0.15, 0.2) is 54.6 Å². The Labute approximate surface area is 144 Å². The van der Waals surface area contributed by atoms with E-state index in [1.165, 1.54) is 5.56 Å². The smallest absolute Gasteiger partial charge is 0.166 e. The number of carbonyl (C=O) groups is 1. The van der Waals surface area contributed by atoms with Crippen LogP contribution in [0.4, 0.5) is 5.69 Å². The van der Waals surface area contributed by atoms with Crippen molar-refractivity contribution in [3.63, 3.8) is 0 Å². The van der Waals surface area contributed by atoms with Gasteiger partial charge in [0.1, 0.15) is 0 Å². The van der Waals surface area contributed by atoms with E-state index in [-0.39, 0.29) is 5.92 Å². The maximum atomic E-state index is 12.7. The zero-order chi connectivity index (χ0) is 16.9. The number of rotatable bonds is 5. The monoisotopic (exact) mass is 322 g/mol. The third-order valence-electron chi connectivity index (χ3n) is 4.88. The lowest BCUT2D eigenvalue weighted by Crippen LogP contribution is -2.35. The van der Waals surface area contributed by atoms with Crippen molar-refractivity contribution < 1.29 is 4.79 Å². The Morgan fingerprint density at radius 3 is 2.21 bits per heavy atom. The second kappa shape index (κ2) is 7.63. The van der Waals surface area contributed by atoms with E-state index in [9.17, 15) is 4.79 Å². The first-order chi connectivity index (χ1) is 11.6. The van der Waals surface area contributed by atoms with E-state index in [4.69, 9.17) is 0 Å². The number of nitrogens with zero attached hydrogens (tertiary/aromatic N) is 2. The van der Waals surface area contributed by atoms with Crippen LogP contribution >= 0.6 is 0 Å². The number of ketones is 1. The van der Waals surface area contributed by atoms with Crippen molar-refractivity contribution in [2.45, 2.75) is 19.4 Å². The second-order valence-electron chi connectivity index (χ2n) is 6.84. The lowest BCUT2D eigenvalue weighted by atomic mass is 9.88. The predicted molar refractivity (Wildman–Crippen MR) is 99.5 cm³/mol. The van der Waals surface area contributed by atoms with Crippen molar-refractivity contribution in [1.82, 2.24) is 4.90 Å². The van der Waals surface area contributed by atoms with E-state index in [1.54, 1.807) is 0 Å². The topological polar surface area (TPSA) is 23.6 Å². The molecular formula is C21H26N2O. The van der Waals surface area contributed by atoms with E-state index >= 15 is 0 Å². The molecule has 0 aliphatic carbocycles. The number of piperidine rings is 1. The van der Waals surface area contributed by atoms with Crippen LogP contribution in [0.1, 0.15) is 28.8 Å². The zero-order valence-electron chi connectivity index (χ0n) is 14.6. The van der Waals surface area contributed by atoms with Crippen molar-refractivity contribution in [3.8, 4) is 0 Å². The molecule has 0 unspecified atom stereocenters. The summed E-state index contributed by atoms with van der Waals surface area (Å²) >= 11 is 0. The molecule has 24 heavy (non-hydrogen) atoms. The Balaban J connectivity index is 1.55. The van der Waals surface area contributed by atoms with E-state index in [1.807, 2.05) is 38.4 Å². The van der Waals surface area contributed by atoms with Gasteiger partial charge in [0.15, 0.2) is 5.78 Å². The molecule has 0 N–H and O–H groups in total. The highest BCUT2D eigenvalue weighted by Gasteiger charge is 2.25. The number of carbonyl (C=O) groups excluding carboxylic acids is 1. The Hall–Kier alpha value is -2.13. The summed E-state index contributed by atoms with van der Waals surface area (Å²) in [6, 6.07) is 18.5. The fourth-order valence-electron chi connectivity index (χ4n) is 3.35. The first-order valence-corrected chi connectivity index (χ1v) is 8.71. The predicted octanol–water partition coefficient (Wildman–Crippen LogP) is 3.85. The molecule has 2 aromatic carbocycles. The van der Waals surface area contributed by atoms with Gasteiger partial charge in [0.05, 0.1) is 0 Å². The van der Waals surface area contributed by atoms with Crippen LogP contribution in [0.25, 0.3) is 0 Å². The Bertz CT molecular complexity index is 656. The van der Waals surface area contributed by atoms with E-state index < -0.39 is 0 Å². The quantitative estimate of drug-likeness (QED) is 0.781. The Morgan fingerprint density at radius 2 is 1.62 bits per heavy atom. The largest absolute Gasteiger partial charge is 0.378 e. The second-order valence-corrected chi connectivity index (χ2v) is 6.84. The molecule has 3 nitrogen and oxygen atoms in total. The fraction of sp³-hybridized carbons (Fsp3) is 0.381. The van der Waals surface area contributed by atoms with Crippen LogP contribution in [0.2, 0.25) is 0 Å². The third-order valence-corrected chi connectivity index (χ3v) is 4.88. The summed E-state index contributed by atoms with van der Waals surface area (Å²) in [6.45, 7) is 2.99. The molecule has 0 bridgehead atoms. The highest BCUT2D eigenvalue weighted by atomic mass is 16.1. The molecular weight excluding hydrogens is 296 g/mol. The molecule has 0 atom stereocenters. The van der Waals surface area contributed by atoms with Crippen LogP contribution in [-0.2, 0) is 6.54 Å².